The summed E-state index contributed by atoms with van der Waals surface area (Å²) in [4.78, 5) is 23.8. The van der Waals surface area contributed by atoms with E-state index >= 15 is 0 Å². The van der Waals surface area contributed by atoms with E-state index in [4.69, 9.17) is 11.6 Å². The second-order valence-electron chi connectivity index (χ2n) is 5.37. The summed E-state index contributed by atoms with van der Waals surface area (Å²) in [5.74, 6) is 0.0786. The number of thioether (sulfide) groups is 1. The number of para-hydroxylation sites is 1. The molecule has 0 atom stereocenters. The van der Waals surface area contributed by atoms with E-state index in [1.54, 1.807) is 24.3 Å². The fourth-order valence-electron chi connectivity index (χ4n) is 2.00. The molecule has 2 aromatic rings. The second-order valence-corrected chi connectivity index (χ2v) is 6.76. The summed E-state index contributed by atoms with van der Waals surface area (Å²) < 4.78 is 0. The number of halogens is 1. The Morgan fingerprint density at radius 3 is 2.29 bits per heavy atom. The Hall–Kier alpha value is -1.98. The minimum Gasteiger partial charge on any atom is -0.325 e. The molecule has 126 valence electrons. The van der Waals surface area contributed by atoms with Crippen molar-refractivity contribution in [2.75, 3.05) is 22.1 Å². The third-order valence-corrected chi connectivity index (χ3v) is 4.67. The van der Waals surface area contributed by atoms with E-state index in [0.717, 1.165) is 11.3 Å². The molecular formula is C18H19ClN2O2S. The maximum atomic E-state index is 11.9. The molecule has 0 aliphatic rings. The number of anilines is 2. The minimum absolute atomic E-state index is 0.131. The second kappa shape index (κ2) is 8.76. The van der Waals surface area contributed by atoms with Crippen LogP contribution in [0.15, 0.2) is 42.5 Å². The molecule has 2 aromatic carbocycles. The lowest BCUT2D eigenvalue weighted by Gasteiger charge is -2.08. The van der Waals surface area contributed by atoms with E-state index in [9.17, 15) is 9.59 Å². The molecule has 0 saturated carbocycles. The van der Waals surface area contributed by atoms with Gasteiger partial charge in [-0.1, -0.05) is 29.8 Å². The maximum absolute atomic E-state index is 11.9. The first-order chi connectivity index (χ1) is 11.5. The van der Waals surface area contributed by atoms with Crippen molar-refractivity contribution in [3.63, 3.8) is 0 Å². The summed E-state index contributed by atoms with van der Waals surface area (Å²) in [7, 11) is 0. The van der Waals surface area contributed by atoms with Gasteiger partial charge < -0.3 is 10.6 Å². The van der Waals surface area contributed by atoms with E-state index in [2.05, 4.69) is 10.6 Å². The van der Waals surface area contributed by atoms with Crippen LogP contribution in [0.2, 0.25) is 5.02 Å². The molecule has 0 heterocycles. The number of aryl methyl sites for hydroxylation is 2. The number of rotatable bonds is 6. The first-order valence-corrected chi connectivity index (χ1v) is 8.98. The molecule has 0 aromatic heterocycles. The lowest BCUT2D eigenvalue weighted by Crippen LogP contribution is -2.18. The standard InChI is InChI=1S/C18H19ClN2O2S/c1-12-7-8-14(9-13(12)2)20-17(22)10-24-11-18(23)21-16-6-4-3-5-15(16)19/h3-9H,10-11H2,1-2H3,(H,20,22)(H,21,23). The molecule has 0 bridgehead atoms. The molecule has 4 nitrogen and oxygen atoms in total. The summed E-state index contributed by atoms with van der Waals surface area (Å²) in [6, 6.07) is 12.8. The molecule has 0 aliphatic heterocycles. The van der Waals surface area contributed by atoms with Gasteiger partial charge in [0.1, 0.15) is 0 Å². The van der Waals surface area contributed by atoms with Crippen LogP contribution in [0.4, 0.5) is 11.4 Å². The van der Waals surface area contributed by atoms with E-state index < -0.39 is 0 Å². The van der Waals surface area contributed by atoms with Crippen LogP contribution in [0, 0.1) is 13.8 Å². The highest BCUT2D eigenvalue weighted by Crippen LogP contribution is 2.20. The van der Waals surface area contributed by atoms with E-state index in [0.29, 0.717) is 10.7 Å². The van der Waals surface area contributed by atoms with Crippen molar-refractivity contribution >= 4 is 46.6 Å². The van der Waals surface area contributed by atoms with Gasteiger partial charge in [0.25, 0.3) is 0 Å². The Morgan fingerprint density at radius 1 is 0.958 bits per heavy atom. The number of carbonyl (C=O) groups is 2. The molecule has 0 saturated heterocycles. The van der Waals surface area contributed by atoms with Crippen molar-refractivity contribution in [1.29, 1.82) is 0 Å². The van der Waals surface area contributed by atoms with Crippen LogP contribution >= 0.6 is 23.4 Å². The van der Waals surface area contributed by atoms with Crippen molar-refractivity contribution < 1.29 is 9.59 Å². The molecule has 0 unspecified atom stereocenters. The monoisotopic (exact) mass is 362 g/mol. The number of amides is 2. The summed E-state index contributed by atoms with van der Waals surface area (Å²) in [6.07, 6.45) is 0. The third kappa shape index (κ3) is 5.58. The molecule has 0 fully saturated rings. The van der Waals surface area contributed by atoms with Gasteiger partial charge in [-0.2, -0.15) is 0 Å². The van der Waals surface area contributed by atoms with Gasteiger partial charge in [0.15, 0.2) is 0 Å². The van der Waals surface area contributed by atoms with Crippen LogP contribution in [0.3, 0.4) is 0 Å². The highest BCUT2D eigenvalue weighted by Gasteiger charge is 2.08. The largest absolute Gasteiger partial charge is 0.325 e. The van der Waals surface area contributed by atoms with Crippen LogP contribution in [0.25, 0.3) is 0 Å². The van der Waals surface area contributed by atoms with E-state index in [-0.39, 0.29) is 23.3 Å². The Balaban J connectivity index is 1.75. The van der Waals surface area contributed by atoms with Gasteiger partial charge in [0.2, 0.25) is 11.8 Å². The normalized spacial score (nSPS) is 10.3. The van der Waals surface area contributed by atoms with Gasteiger partial charge in [0, 0.05) is 5.69 Å². The molecule has 0 spiro atoms. The fourth-order valence-corrected chi connectivity index (χ4v) is 2.80. The zero-order valence-corrected chi connectivity index (χ0v) is 15.1. The topological polar surface area (TPSA) is 58.2 Å². The quantitative estimate of drug-likeness (QED) is 0.806. The van der Waals surface area contributed by atoms with Crippen LogP contribution in [-0.4, -0.2) is 23.3 Å². The third-order valence-electron chi connectivity index (χ3n) is 3.40. The predicted octanol–water partition coefficient (Wildman–Crippen LogP) is 4.27. The van der Waals surface area contributed by atoms with Gasteiger partial charge in [-0.05, 0) is 49.2 Å². The summed E-state index contributed by atoms with van der Waals surface area (Å²) >= 11 is 7.24. The molecule has 0 aliphatic carbocycles. The Kier molecular flexibility index (Phi) is 6.70. The maximum Gasteiger partial charge on any atom is 0.234 e. The predicted molar refractivity (Wildman–Crippen MR) is 102 cm³/mol. The van der Waals surface area contributed by atoms with Crippen molar-refractivity contribution in [2.45, 2.75) is 13.8 Å². The lowest BCUT2D eigenvalue weighted by atomic mass is 10.1. The van der Waals surface area contributed by atoms with Gasteiger partial charge >= 0.3 is 0 Å². The number of carbonyl (C=O) groups excluding carboxylic acids is 2. The Morgan fingerprint density at radius 2 is 1.62 bits per heavy atom. The van der Waals surface area contributed by atoms with Crippen LogP contribution in [0.1, 0.15) is 11.1 Å². The Bertz CT molecular complexity index is 750. The van der Waals surface area contributed by atoms with E-state index in [1.807, 2.05) is 32.0 Å². The van der Waals surface area contributed by atoms with E-state index in [1.165, 1.54) is 17.3 Å². The Labute approximate surface area is 151 Å². The molecular weight excluding hydrogens is 344 g/mol. The SMILES string of the molecule is Cc1ccc(NC(=O)CSCC(=O)Nc2ccccc2Cl)cc1C. The minimum atomic E-state index is -0.188. The van der Waals surface area contributed by atoms with Gasteiger partial charge in [-0.3, -0.25) is 9.59 Å². The zero-order chi connectivity index (χ0) is 17.5. The molecule has 2 N–H and O–H groups in total. The highest BCUT2D eigenvalue weighted by atomic mass is 35.5. The van der Waals surface area contributed by atoms with Gasteiger partial charge in [-0.15, -0.1) is 11.8 Å². The number of hydrogen-bond acceptors (Lipinski definition) is 3. The molecule has 0 radical (unpaired) electrons. The van der Waals surface area contributed by atoms with Crippen molar-refractivity contribution in [2.24, 2.45) is 0 Å². The van der Waals surface area contributed by atoms with Crippen LogP contribution < -0.4 is 10.6 Å². The average molecular weight is 363 g/mol. The highest BCUT2D eigenvalue weighted by molar-refractivity contribution is 8.00. The van der Waals surface area contributed by atoms with Crippen molar-refractivity contribution in [3.05, 3.63) is 58.6 Å². The number of hydrogen-bond donors (Lipinski definition) is 2. The first-order valence-electron chi connectivity index (χ1n) is 7.45. The fraction of sp³-hybridized carbons (Fsp3) is 0.222. The zero-order valence-electron chi connectivity index (χ0n) is 13.6. The van der Waals surface area contributed by atoms with Gasteiger partial charge in [-0.25, -0.2) is 0 Å². The molecule has 24 heavy (non-hydrogen) atoms. The number of benzene rings is 2. The molecule has 2 rings (SSSR count). The first kappa shape index (κ1) is 18.4. The smallest absolute Gasteiger partial charge is 0.234 e. The summed E-state index contributed by atoms with van der Waals surface area (Å²) in [5.41, 5.74) is 3.65. The van der Waals surface area contributed by atoms with Gasteiger partial charge in [0.05, 0.1) is 22.2 Å². The molecule has 6 heteroatoms. The van der Waals surface area contributed by atoms with Crippen molar-refractivity contribution in [3.8, 4) is 0 Å². The van der Waals surface area contributed by atoms with Crippen LogP contribution in [-0.2, 0) is 9.59 Å². The van der Waals surface area contributed by atoms with Crippen LogP contribution in [0.5, 0.6) is 0 Å². The lowest BCUT2D eigenvalue weighted by molar-refractivity contribution is -0.114. The van der Waals surface area contributed by atoms with Crippen molar-refractivity contribution in [1.82, 2.24) is 0 Å². The molecule has 2 amide bonds. The average Bonchev–Trinajstić information content (AvgIpc) is 2.53. The summed E-state index contributed by atoms with van der Waals surface area (Å²) in [5, 5.41) is 6.04. The number of nitrogens with one attached hydrogen (secondary N) is 2. The summed E-state index contributed by atoms with van der Waals surface area (Å²) in [6.45, 7) is 4.02.